The highest BCUT2D eigenvalue weighted by Gasteiger charge is 2.21. The molecule has 50 heavy (non-hydrogen) atoms. The number of hydrogen-bond donors (Lipinski definition) is 0. The van der Waals surface area contributed by atoms with E-state index < -0.39 is 0 Å². The van der Waals surface area contributed by atoms with E-state index in [1.807, 2.05) is 84.9 Å². The van der Waals surface area contributed by atoms with Crippen LogP contribution < -0.4 is 0 Å². The Labute approximate surface area is 287 Å². The maximum absolute atomic E-state index is 6.55. The Morgan fingerprint density at radius 1 is 0.300 bits per heavy atom. The molecule has 7 aromatic carbocycles. The number of benzene rings is 7. The number of nitrogens with zero attached hydrogens (tertiary/aromatic N) is 3. The average Bonchev–Trinajstić information content (AvgIpc) is 3.77. The van der Waals surface area contributed by atoms with Gasteiger partial charge in [-0.05, 0) is 52.6 Å². The lowest BCUT2D eigenvalue weighted by atomic mass is 9.95. The van der Waals surface area contributed by atoms with Crippen molar-refractivity contribution in [2.45, 2.75) is 0 Å². The standard InChI is InChI=1S/C45H27N3O2/c1-3-12-28(13-4-1)29-22-24-31(25-23-29)44-46-43(30-14-5-2-6-15-30)47-45(48-44)36-26-32(27-40-42(36)35-17-8-10-20-38(35)50-40)33-18-11-21-39-41(33)34-16-7-9-19-37(34)49-39/h1-27H. The number of fused-ring (bicyclic) bond motifs is 6. The molecule has 10 aromatic rings. The van der Waals surface area contributed by atoms with Crippen LogP contribution in [0.3, 0.4) is 0 Å². The molecule has 0 saturated carbocycles. The van der Waals surface area contributed by atoms with Crippen molar-refractivity contribution in [2.24, 2.45) is 0 Å². The molecule has 0 amide bonds. The zero-order valence-corrected chi connectivity index (χ0v) is 26.7. The summed E-state index contributed by atoms with van der Waals surface area (Å²) >= 11 is 0. The lowest BCUT2D eigenvalue weighted by Crippen LogP contribution is -2.00. The van der Waals surface area contributed by atoms with Crippen LogP contribution in [0.25, 0.3) is 100 Å². The van der Waals surface area contributed by atoms with Gasteiger partial charge in [0.1, 0.15) is 22.3 Å². The van der Waals surface area contributed by atoms with Gasteiger partial charge in [0.15, 0.2) is 17.5 Å². The average molecular weight is 642 g/mol. The van der Waals surface area contributed by atoms with Crippen LogP contribution >= 0.6 is 0 Å². The summed E-state index contributed by atoms with van der Waals surface area (Å²) in [6.45, 7) is 0. The Hall–Kier alpha value is -6.85. The van der Waals surface area contributed by atoms with Crippen molar-refractivity contribution in [1.82, 2.24) is 15.0 Å². The van der Waals surface area contributed by atoms with Crippen molar-refractivity contribution in [2.75, 3.05) is 0 Å². The van der Waals surface area contributed by atoms with Crippen molar-refractivity contribution in [3.05, 3.63) is 164 Å². The van der Waals surface area contributed by atoms with Gasteiger partial charge in [0.05, 0.1) is 0 Å². The van der Waals surface area contributed by atoms with E-state index in [1.165, 1.54) is 0 Å². The molecule has 234 valence electrons. The van der Waals surface area contributed by atoms with E-state index in [-0.39, 0.29) is 0 Å². The second kappa shape index (κ2) is 11.4. The maximum Gasteiger partial charge on any atom is 0.164 e. The third-order valence-electron chi connectivity index (χ3n) is 9.35. The van der Waals surface area contributed by atoms with Crippen LogP contribution in [-0.4, -0.2) is 15.0 Å². The molecule has 5 nitrogen and oxygen atoms in total. The molecule has 0 N–H and O–H groups in total. The van der Waals surface area contributed by atoms with Crippen LogP contribution in [0.2, 0.25) is 0 Å². The second-order valence-corrected chi connectivity index (χ2v) is 12.4. The SMILES string of the molecule is c1ccc(-c2ccc(-c3nc(-c4ccccc4)nc(-c4cc(-c5cccc6oc7ccccc7c56)cc5oc6ccccc6c45)n3)cc2)cc1. The highest BCUT2D eigenvalue weighted by Crippen LogP contribution is 2.43. The third-order valence-corrected chi connectivity index (χ3v) is 9.35. The molecule has 0 aliphatic heterocycles. The van der Waals surface area contributed by atoms with E-state index >= 15 is 0 Å². The lowest BCUT2D eigenvalue weighted by Gasteiger charge is -2.12. The number of para-hydroxylation sites is 2. The first-order valence-electron chi connectivity index (χ1n) is 16.6. The molecule has 5 heteroatoms. The van der Waals surface area contributed by atoms with Crippen LogP contribution in [0.4, 0.5) is 0 Å². The zero-order chi connectivity index (χ0) is 33.0. The van der Waals surface area contributed by atoms with E-state index in [4.69, 9.17) is 23.8 Å². The minimum Gasteiger partial charge on any atom is -0.456 e. The summed E-state index contributed by atoms with van der Waals surface area (Å²) in [6, 6.07) is 55.7. The van der Waals surface area contributed by atoms with Crippen molar-refractivity contribution in [1.29, 1.82) is 0 Å². The van der Waals surface area contributed by atoms with Gasteiger partial charge in [0.2, 0.25) is 0 Å². The van der Waals surface area contributed by atoms with Crippen LogP contribution in [0.15, 0.2) is 173 Å². The Balaban J connectivity index is 1.23. The first-order chi connectivity index (χ1) is 24.8. The van der Waals surface area contributed by atoms with Crippen LogP contribution in [0.5, 0.6) is 0 Å². The molecule has 0 fully saturated rings. The molecule has 0 aliphatic rings. The molecule has 0 bridgehead atoms. The van der Waals surface area contributed by atoms with E-state index in [1.54, 1.807) is 0 Å². The van der Waals surface area contributed by atoms with Crippen LogP contribution in [0.1, 0.15) is 0 Å². The van der Waals surface area contributed by atoms with Gasteiger partial charge in [0.25, 0.3) is 0 Å². The van der Waals surface area contributed by atoms with Gasteiger partial charge in [-0.15, -0.1) is 0 Å². The minimum atomic E-state index is 0.573. The smallest absolute Gasteiger partial charge is 0.164 e. The van der Waals surface area contributed by atoms with Crippen LogP contribution in [-0.2, 0) is 0 Å². The van der Waals surface area contributed by atoms with Crippen molar-refractivity contribution < 1.29 is 8.83 Å². The van der Waals surface area contributed by atoms with Gasteiger partial charge in [-0.3, -0.25) is 0 Å². The van der Waals surface area contributed by atoms with Gasteiger partial charge in [0, 0.05) is 38.2 Å². The normalized spacial score (nSPS) is 11.6. The molecule has 3 aromatic heterocycles. The fraction of sp³-hybridized carbons (Fsp3) is 0. The highest BCUT2D eigenvalue weighted by atomic mass is 16.3. The number of aromatic nitrogens is 3. The lowest BCUT2D eigenvalue weighted by molar-refractivity contribution is 0.668. The summed E-state index contributed by atoms with van der Waals surface area (Å²) in [5.74, 6) is 1.78. The van der Waals surface area contributed by atoms with Gasteiger partial charge in [-0.2, -0.15) is 0 Å². The van der Waals surface area contributed by atoms with Gasteiger partial charge < -0.3 is 8.83 Å². The summed E-state index contributed by atoms with van der Waals surface area (Å²) in [6.07, 6.45) is 0. The van der Waals surface area contributed by atoms with Gasteiger partial charge >= 0.3 is 0 Å². The Bertz CT molecular complexity index is 2850. The van der Waals surface area contributed by atoms with Crippen molar-refractivity contribution >= 4 is 43.9 Å². The molecule has 0 radical (unpaired) electrons. The molecule has 0 saturated heterocycles. The first kappa shape index (κ1) is 28.2. The molecule has 10 rings (SSSR count). The summed E-state index contributed by atoms with van der Waals surface area (Å²) < 4.78 is 12.8. The fourth-order valence-corrected chi connectivity index (χ4v) is 6.99. The second-order valence-electron chi connectivity index (χ2n) is 12.4. The van der Waals surface area contributed by atoms with Crippen LogP contribution in [0, 0.1) is 0 Å². The zero-order valence-electron chi connectivity index (χ0n) is 26.7. The summed E-state index contributed by atoms with van der Waals surface area (Å²) in [7, 11) is 0. The Kier molecular flexibility index (Phi) is 6.42. The monoisotopic (exact) mass is 641 g/mol. The molecule has 0 unspecified atom stereocenters. The van der Waals surface area contributed by atoms with Crippen molar-refractivity contribution in [3.8, 4) is 56.4 Å². The highest BCUT2D eigenvalue weighted by molar-refractivity contribution is 6.16. The summed E-state index contributed by atoms with van der Waals surface area (Å²) in [5, 5.41) is 4.09. The largest absolute Gasteiger partial charge is 0.456 e. The predicted molar refractivity (Wildman–Crippen MR) is 202 cm³/mol. The van der Waals surface area contributed by atoms with E-state index in [0.717, 1.165) is 82.8 Å². The summed E-state index contributed by atoms with van der Waals surface area (Å²) in [5.41, 5.74) is 10.3. The topological polar surface area (TPSA) is 65.0 Å². The number of furan rings is 2. The fourth-order valence-electron chi connectivity index (χ4n) is 6.99. The minimum absolute atomic E-state index is 0.573. The molecule has 0 atom stereocenters. The summed E-state index contributed by atoms with van der Waals surface area (Å²) in [4.78, 5) is 15.4. The molecule has 0 spiro atoms. The quantitative estimate of drug-likeness (QED) is 0.187. The predicted octanol–water partition coefficient (Wildman–Crippen LogP) is 12.0. The molecule has 0 aliphatic carbocycles. The third kappa shape index (κ3) is 4.67. The maximum atomic E-state index is 6.55. The Morgan fingerprint density at radius 3 is 1.46 bits per heavy atom. The number of hydrogen-bond acceptors (Lipinski definition) is 5. The van der Waals surface area contributed by atoms with Gasteiger partial charge in [-0.1, -0.05) is 133 Å². The molecular weight excluding hydrogens is 615 g/mol. The first-order valence-corrected chi connectivity index (χ1v) is 16.6. The van der Waals surface area contributed by atoms with Gasteiger partial charge in [-0.25, -0.2) is 15.0 Å². The van der Waals surface area contributed by atoms with E-state index in [9.17, 15) is 0 Å². The molecular formula is C45H27N3O2. The van der Waals surface area contributed by atoms with E-state index in [2.05, 4.69) is 78.9 Å². The van der Waals surface area contributed by atoms with Crippen molar-refractivity contribution in [3.63, 3.8) is 0 Å². The van der Waals surface area contributed by atoms with E-state index in [0.29, 0.717) is 17.5 Å². The Morgan fingerprint density at radius 2 is 0.780 bits per heavy atom. The number of rotatable bonds is 5. The molecule has 3 heterocycles.